The number of fused-ring (bicyclic) bond motifs is 1. The molecule has 2 heterocycles. The van der Waals surface area contributed by atoms with Crippen molar-refractivity contribution in [2.45, 2.75) is 20.4 Å². The molecule has 1 aliphatic rings. The van der Waals surface area contributed by atoms with E-state index in [9.17, 15) is 9.90 Å². The average molecular weight is 362 g/mol. The van der Waals surface area contributed by atoms with Crippen molar-refractivity contribution in [3.63, 3.8) is 0 Å². The maximum Gasteiger partial charge on any atom is 0.310 e. The van der Waals surface area contributed by atoms with Gasteiger partial charge in [0.1, 0.15) is 0 Å². The number of allylic oxidation sites excluding steroid dienone is 1. The zero-order valence-corrected chi connectivity index (χ0v) is 15.4. The molecule has 3 aromatic rings. The zero-order valence-electron chi connectivity index (χ0n) is 14.6. The Morgan fingerprint density at radius 2 is 1.96 bits per heavy atom. The first-order valence-corrected chi connectivity index (χ1v) is 9.19. The van der Waals surface area contributed by atoms with Crippen molar-refractivity contribution in [2.24, 2.45) is 4.99 Å². The summed E-state index contributed by atoms with van der Waals surface area (Å²) in [6.07, 6.45) is 1.86. The van der Waals surface area contributed by atoms with Crippen LogP contribution in [0.1, 0.15) is 28.5 Å². The highest BCUT2D eigenvalue weighted by Gasteiger charge is 2.20. The van der Waals surface area contributed by atoms with Crippen LogP contribution in [0.15, 0.2) is 58.3 Å². The fourth-order valence-corrected chi connectivity index (χ4v) is 4.02. The molecule has 1 aliphatic heterocycles. The number of aromatic hydroxyl groups is 1. The SMILES string of the molecule is CC1=Nc2ccccc2/C1=C\c1sc(=O)n(Cc2cccc(C)c2)c1O. The van der Waals surface area contributed by atoms with Gasteiger partial charge in [0.2, 0.25) is 5.88 Å². The summed E-state index contributed by atoms with van der Waals surface area (Å²) in [5.74, 6) is 0.00573. The average Bonchev–Trinajstić information content (AvgIpc) is 3.07. The van der Waals surface area contributed by atoms with Gasteiger partial charge in [-0.15, -0.1) is 0 Å². The smallest absolute Gasteiger partial charge is 0.310 e. The first-order valence-electron chi connectivity index (χ1n) is 8.38. The molecule has 5 heteroatoms. The van der Waals surface area contributed by atoms with E-state index in [1.54, 1.807) is 0 Å². The van der Waals surface area contributed by atoms with Gasteiger partial charge in [-0.3, -0.25) is 14.4 Å². The van der Waals surface area contributed by atoms with E-state index in [0.29, 0.717) is 11.4 Å². The molecule has 0 bridgehead atoms. The molecule has 0 fully saturated rings. The van der Waals surface area contributed by atoms with Crippen LogP contribution in [0.2, 0.25) is 0 Å². The van der Waals surface area contributed by atoms with E-state index in [1.165, 1.54) is 4.57 Å². The topological polar surface area (TPSA) is 54.6 Å². The molecular formula is C21H18N2O2S. The van der Waals surface area contributed by atoms with Crippen molar-refractivity contribution in [2.75, 3.05) is 0 Å². The molecule has 0 amide bonds. The number of aryl methyl sites for hydroxylation is 1. The second-order valence-electron chi connectivity index (χ2n) is 6.40. The molecular weight excluding hydrogens is 344 g/mol. The summed E-state index contributed by atoms with van der Waals surface area (Å²) >= 11 is 1.05. The maximum absolute atomic E-state index is 12.4. The highest BCUT2D eigenvalue weighted by molar-refractivity contribution is 7.10. The summed E-state index contributed by atoms with van der Waals surface area (Å²) in [6.45, 7) is 4.31. The number of aromatic nitrogens is 1. The fourth-order valence-electron chi connectivity index (χ4n) is 3.19. The first-order chi connectivity index (χ1) is 12.5. The Morgan fingerprint density at radius 1 is 1.15 bits per heavy atom. The molecule has 0 aliphatic carbocycles. The van der Waals surface area contributed by atoms with Crippen LogP contribution in [0.5, 0.6) is 5.88 Å². The van der Waals surface area contributed by atoms with Crippen LogP contribution in [-0.4, -0.2) is 15.4 Å². The molecule has 26 heavy (non-hydrogen) atoms. The third kappa shape index (κ3) is 2.91. The van der Waals surface area contributed by atoms with E-state index in [-0.39, 0.29) is 10.8 Å². The minimum absolute atomic E-state index is 0.00573. The zero-order chi connectivity index (χ0) is 18.3. The lowest BCUT2D eigenvalue weighted by Crippen LogP contribution is -2.13. The molecule has 4 rings (SSSR count). The number of hydrogen-bond donors (Lipinski definition) is 1. The number of thiazole rings is 1. The summed E-state index contributed by atoms with van der Waals surface area (Å²) in [4.78, 5) is 17.4. The van der Waals surface area contributed by atoms with Crippen LogP contribution in [0.3, 0.4) is 0 Å². The number of benzene rings is 2. The van der Waals surface area contributed by atoms with Crippen molar-refractivity contribution in [1.29, 1.82) is 0 Å². The minimum atomic E-state index is -0.170. The van der Waals surface area contributed by atoms with Crippen molar-refractivity contribution < 1.29 is 5.11 Å². The molecule has 0 spiro atoms. The normalized spacial score (nSPS) is 14.5. The molecule has 130 valence electrons. The van der Waals surface area contributed by atoms with E-state index in [2.05, 4.69) is 4.99 Å². The van der Waals surface area contributed by atoms with Crippen LogP contribution in [0.25, 0.3) is 11.6 Å². The molecule has 0 saturated heterocycles. The van der Waals surface area contributed by atoms with Gasteiger partial charge in [0.15, 0.2) is 0 Å². The van der Waals surface area contributed by atoms with Gasteiger partial charge in [0, 0.05) is 16.8 Å². The Balaban J connectivity index is 1.74. The van der Waals surface area contributed by atoms with E-state index < -0.39 is 0 Å². The van der Waals surface area contributed by atoms with Gasteiger partial charge in [-0.1, -0.05) is 59.4 Å². The molecule has 1 N–H and O–H groups in total. The number of hydrogen-bond acceptors (Lipinski definition) is 4. The van der Waals surface area contributed by atoms with Crippen LogP contribution in [0, 0.1) is 6.92 Å². The number of para-hydroxylation sites is 1. The second-order valence-corrected chi connectivity index (χ2v) is 7.40. The summed E-state index contributed by atoms with van der Waals surface area (Å²) in [5.41, 5.74) is 5.89. The molecule has 0 saturated carbocycles. The Hall–Kier alpha value is -2.92. The second kappa shape index (κ2) is 6.42. The first kappa shape index (κ1) is 16.5. The molecule has 2 aromatic carbocycles. The van der Waals surface area contributed by atoms with Crippen molar-refractivity contribution in [1.82, 2.24) is 4.57 Å². The number of rotatable bonds is 3. The molecule has 0 radical (unpaired) electrons. The summed E-state index contributed by atoms with van der Waals surface area (Å²) < 4.78 is 1.42. The van der Waals surface area contributed by atoms with Crippen LogP contribution in [0.4, 0.5) is 5.69 Å². The number of nitrogens with zero attached hydrogens (tertiary/aromatic N) is 2. The van der Waals surface area contributed by atoms with Crippen LogP contribution < -0.4 is 4.87 Å². The Labute approximate surface area is 155 Å². The largest absolute Gasteiger partial charge is 0.493 e. The Bertz CT molecular complexity index is 1120. The highest BCUT2D eigenvalue weighted by atomic mass is 32.1. The lowest BCUT2D eigenvalue weighted by molar-refractivity contribution is 0.420. The van der Waals surface area contributed by atoms with Crippen LogP contribution in [-0.2, 0) is 6.54 Å². The monoisotopic (exact) mass is 362 g/mol. The van der Waals surface area contributed by atoms with Gasteiger partial charge in [0.05, 0.1) is 17.1 Å². The number of aliphatic imine (C=N–C) groups is 1. The maximum atomic E-state index is 12.4. The fraction of sp³-hybridized carbons (Fsp3) is 0.143. The third-order valence-electron chi connectivity index (χ3n) is 4.46. The van der Waals surface area contributed by atoms with Crippen molar-refractivity contribution in [3.05, 3.63) is 79.8 Å². The lowest BCUT2D eigenvalue weighted by atomic mass is 10.0. The van der Waals surface area contributed by atoms with E-state index in [1.807, 2.05) is 68.5 Å². The van der Waals surface area contributed by atoms with Gasteiger partial charge >= 0.3 is 4.87 Å². The van der Waals surface area contributed by atoms with Gasteiger partial charge < -0.3 is 5.11 Å². The predicted octanol–water partition coefficient (Wildman–Crippen LogP) is 4.62. The molecule has 0 atom stereocenters. The van der Waals surface area contributed by atoms with Gasteiger partial charge in [-0.25, -0.2) is 0 Å². The summed E-state index contributed by atoms with van der Waals surface area (Å²) in [6, 6.07) is 15.8. The molecule has 0 unspecified atom stereocenters. The Kier molecular flexibility index (Phi) is 4.09. The molecule has 1 aromatic heterocycles. The lowest BCUT2D eigenvalue weighted by Gasteiger charge is -2.05. The van der Waals surface area contributed by atoms with Crippen LogP contribution >= 0.6 is 11.3 Å². The van der Waals surface area contributed by atoms with Crippen molar-refractivity contribution >= 4 is 34.4 Å². The van der Waals surface area contributed by atoms with Gasteiger partial charge in [-0.2, -0.15) is 0 Å². The van der Waals surface area contributed by atoms with E-state index >= 15 is 0 Å². The minimum Gasteiger partial charge on any atom is -0.493 e. The molecule has 4 nitrogen and oxygen atoms in total. The van der Waals surface area contributed by atoms with Gasteiger partial charge in [0.25, 0.3) is 0 Å². The predicted molar refractivity (Wildman–Crippen MR) is 108 cm³/mol. The summed E-state index contributed by atoms with van der Waals surface area (Å²) in [7, 11) is 0. The highest BCUT2D eigenvalue weighted by Crippen LogP contribution is 2.37. The quantitative estimate of drug-likeness (QED) is 0.739. The van der Waals surface area contributed by atoms with Crippen molar-refractivity contribution in [3.8, 4) is 5.88 Å². The van der Waals surface area contributed by atoms with E-state index in [0.717, 1.165) is 45.0 Å². The standard InChI is InChI=1S/C21H18N2O2S/c1-13-6-5-7-15(10-13)12-23-20(24)19(26-21(23)25)11-17-14(2)22-18-9-4-3-8-16(17)18/h3-11,24H,12H2,1-2H3/b17-11-. The Morgan fingerprint density at radius 3 is 2.77 bits per heavy atom. The van der Waals surface area contributed by atoms with E-state index in [4.69, 9.17) is 0 Å². The third-order valence-corrected chi connectivity index (χ3v) is 5.38. The summed E-state index contributed by atoms with van der Waals surface area (Å²) in [5, 5.41) is 10.6. The van der Waals surface area contributed by atoms with Gasteiger partial charge in [-0.05, 0) is 31.6 Å².